The molecule has 1 N–H and O–H groups in total. The first-order valence-electron chi connectivity index (χ1n) is 7.44. The van der Waals surface area contributed by atoms with Crippen molar-refractivity contribution in [2.24, 2.45) is 5.92 Å². The minimum atomic E-state index is -0.204. The SMILES string of the molecule is CC1(C)CC2(OCCNC2C2CCC2)C(C)(C)O1. The third-order valence-electron chi connectivity index (χ3n) is 5.19. The topological polar surface area (TPSA) is 30.5 Å². The summed E-state index contributed by atoms with van der Waals surface area (Å²) in [6, 6.07) is 0.469. The first kappa shape index (κ1) is 12.9. The molecule has 2 atom stereocenters. The van der Waals surface area contributed by atoms with Gasteiger partial charge < -0.3 is 14.8 Å². The van der Waals surface area contributed by atoms with Crippen LogP contribution in [-0.2, 0) is 9.47 Å². The van der Waals surface area contributed by atoms with E-state index in [4.69, 9.17) is 9.47 Å². The lowest BCUT2D eigenvalue weighted by molar-refractivity contribution is -0.191. The van der Waals surface area contributed by atoms with E-state index < -0.39 is 0 Å². The van der Waals surface area contributed by atoms with Crippen LogP contribution in [0.25, 0.3) is 0 Å². The van der Waals surface area contributed by atoms with Gasteiger partial charge in [0.15, 0.2) is 0 Å². The van der Waals surface area contributed by atoms with Crippen molar-refractivity contribution in [2.45, 2.75) is 76.2 Å². The Morgan fingerprint density at radius 2 is 1.83 bits per heavy atom. The molecule has 1 spiro atoms. The van der Waals surface area contributed by atoms with Gasteiger partial charge in [-0.1, -0.05) is 6.42 Å². The second-order valence-electron chi connectivity index (χ2n) is 7.41. The monoisotopic (exact) mass is 253 g/mol. The summed E-state index contributed by atoms with van der Waals surface area (Å²) in [5, 5.41) is 3.74. The standard InChI is InChI=1S/C15H27NO2/c1-13(2)10-15(14(3,4)18-13)12(11-6-5-7-11)16-8-9-17-15/h11-12,16H,5-10H2,1-4H3. The van der Waals surface area contributed by atoms with Crippen molar-refractivity contribution in [3.05, 3.63) is 0 Å². The molecule has 18 heavy (non-hydrogen) atoms. The largest absolute Gasteiger partial charge is 0.369 e. The van der Waals surface area contributed by atoms with E-state index in [1.807, 2.05) is 0 Å². The molecule has 3 nitrogen and oxygen atoms in total. The van der Waals surface area contributed by atoms with Crippen LogP contribution in [-0.4, -0.2) is 36.0 Å². The molecule has 0 aromatic rings. The third-order valence-corrected chi connectivity index (χ3v) is 5.19. The van der Waals surface area contributed by atoms with Crippen LogP contribution in [0.1, 0.15) is 53.4 Å². The molecule has 2 heterocycles. The number of rotatable bonds is 1. The molecule has 0 bridgehead atoms. The second kappa shape index (κ2) is 3.94. The Morgan fingerprint density at radius 1 is 1.11 bits per heavy atom. The minimum Gasteiger partial charge on any atom is -0.369 e. The maximum atomic E-state index is 6.36. The zero-order chi connectivity index (χ0) is 13.0. The van der Waals surface area contributed by atoms with Crippen LogP contribution in [0, 0.1) is 5.92 Å². The zero-order valence-electron chi connectivity index (χ0n) is 12.2. The fourth-order valence-electron chi connectivity index (χ4n) is 4.39. The summed E-state index contributed by atoms with van der Waals surface area (Å²) in [5.41, 5.74) is -0.422. The van der Waals surface area contributed by atoms with Gasteiger partial charge in [0.1, 0.15) is 5.60 Å². The quantitative estimate of drug-likeness (QED) is 0.779. The Balaban J connectivity index is 1.94. The normalized spacial score (nSPS) is 43.0. The van der Waals surface area contributed by atoms with Crippen LogP contribution in [0.4, 0.5) is 0 Å². The number of hydrogen-bond donors (Lipinski definition) is 1. The predicted octanol–water partition coefficient (Wildman–Crippen LogP) is 2.49. The highest BCUT2D eigenvalue weighted by Crippen LogP contribution is 2.53. The van der Waals surface area contributed by atoms with Crippen molar-refractivity contribution in [2.75, 3.05) is 13.2 Å². The molecule has 1 aliphatic carbocycles. The van der Waals surface area contributed by atoms with Crippen LogP contribution in [0.2, 0.25) is 0 Å². The highest BCUT2D eigenvalue weighted by molar-refractivity contribution is 5.16. The predicted molar refractivity (Wildman–Crippen MR) is 71.7 cm³/mol. The van der Waals surface area contributed by atoms with Gasteiger partial charge in [-0.15, -0.1) is 0 Å². The molecule has 0 radical (unpaired) electrons. The molecule has 2 saturated heterocycles. The van der Waals surface area contributed by atoms with E-state index in [-0.39, 0.29) is 16.8 Å². The zero-order valence-corrected chi connectivity index (χ0v) is 12.2. The lowest BCUT2D eigenvalue weighted by atomic mass is 9.66. The Bertz CT molecular complexity index is 335. The number of nitrogens with one attached hydrogen (secondary N) is 1. The van der Waals surface area contributed by atoms with Gasteiger partial charge in [0.2, 0.25) is 0 Å². The van der Waals surface area contributed by atoms with E-state index in [0.29, 0.717) is 6.04 Å². The molecule has 0 aromatic carbocycles. The van der Waals surface area contributed by atoms with Crippen LogP contribution >= 0.6 is 0 Å². The number of ether oxygens (including phenoxy) is 2. The van der Waals surface area contributed by atoms with Crippen molar-refractivity contribution < 1.29 is 9.47 Å². The Labute approximate surface area is 111 Å². The molecule has 3 fully saturated rings. The van der Waals surface area contributed by atoms with Gasteiger partial charge in [-0.25, -0.2) is 0 Å². The highest BCUT2D eigenvalue weighted by Gasteiger charge is 2.64. The third kappa shape index (κ3) is 1.75. The number of hydrogen-bond acceptors (Lipinski definition) is 3. The maximum Gasteiger partial charge on any atom is 0.115 e. The van der Waals surface area contributed by atoms with Crippen molar-refractivity contribution >= 4 is 0 Å². The van der Waals surface area contributed by atoms with Crippen LogP contribution in [0.15, 0.2) is 0 Å². The lowest BCUT2D eigenvalue weighted by Gasteiger charge is -2.53. The van der Waals surface area contributed by atoms with Gasteiger partial charge in [0, 0.05) is 19.0 Å². The summed E-state index contributed by atoms with van der Waals surface area (Å²) in [6.45, 7) is 10.6. The fraction of sp³-hybridized carbons (Fsp3) is 1.00. The molecule has 2 aliphatic heterocycles. The van der Waals surface area contributed by atoms with Crippen LogP contribution in [0.5, 0.6) is 0 Å². The van der Waals surface area contributed by atoms with Crippen LogP contribution in [0.3, 0.4) is 0 Å². The van der Waals surface area contributed by atoms with E-state index in [2.05, 4.69) is 33.0 Å². The summed E-state index contributed by atoms with van der Waals surface area (Å²) < 4.78 is 12.7. The van der Waals surface area contributed by atoms with Gasteiger partial charge in [-0.2, -0.15) is 0 Å². The smallest absolute Gasteiger partial charge is 0.115 e. The lowest BCUT2D eigenvalue weighted by Crippen LogP contribution is -2.68. The molecular weight excluding hydrogens is 226 g/mol. The second-order valence-corrected chi connectivity index (χ2v) is 7.41. The van der Waals surface area contributed by atoms with Crippen molar-refractivity contribution in [1.82, 2.24) is 5.32 Å². The molecule has 104 valence electrons. The van der Waals surface area contributed by atoms with Crippen molar-refractivity contribution in [1.29, 1.82) is 0 Å². The van der Waals surface area contributed by atoms with E-state index in [9.17, 15) is 0 Å². The molecule has 0 aromatic heterocycles. The van der Waals surface area contributed by atoms with Crippen LogP contribution < -0.4 is 5.32 Å². The molecular formula is C15H27NO2. The summed E-state index contributed by atoms with van der Waals surface area (Å²) in [6.07, 6.45) is 5.07. The first-order valence-corrected chi connectivity index (χ1v) is 7.44. The van der Waals surface area contributed by atoms with Gasteiger partial charge >= 0.3 is 0 Å². The van der Waals surface area contributed by atoms with E-state index in [1.54, 1.807) is 0 Å². The highest BCUT2D eigenvalue weighted by atomic mass is 16.6. The molecule has 1 saturated carbocycles. The number of morpholine rings is 1. The van der Waals surface area contributed by atoms with Gasteiger partial charge in [-0.05, 0) is 46.5 Å². The minimum absolute atomic E-state index is 0.0789. The average Bonchev–Trinajstić information content (AvgIpc) is 2.33. The molecule has 3 aliphatic rings. The summed E-state index contributed by atoms with van der Waals surface area (Å²) >= 11 is 0. The molecule has 0 amide bonds. The summed E-state index contributed by atoms with van der Waals surface area (Å²) in [5.74, 6) is 0.780. The van der Waals surface area contributed by atoms with E-state index in [0.717, 1.165) is 25.5 Å². The fourth-order valence-corrected chi connectivity index (χ4v) is 4.39. The van der Waals surface area contributed by atoms with E-state index in [1.165, 1.54) is 19.3 Å². The van der Waals surface area contributed by atoms with Gasteiger partial charge in [0.25, 0.3) is 0 Å². The summed E-state index contributed by atoms with van der Waals surface area (Å²) in [4.78, 5) is 0. The summed E-state index contributed by atoms with van der Waals surface area (Å²) in [7, 11) is 0. The average molecular weight is 253 g/mol. The maximum absolute atomic E-state index is 6.36. The molecule has 3 heteroatoms. The van der Waals surface area contributed by atoms with Gasteiger partial charge in [0.05, 0.1) is 17.8 Å². The van der Waals surface area contributed by atoms with Gasteiger partial charge in [-0.3, -0.25) is 0 Å². The molecule has 2 unspecified atom stereocenters. The Morgan fingerprint density at radius 3 is 2.33 bits per heavy atom. The Kier molecular flexibility index (Phi) is 2.82. The Hall–Kier alpha value is -0.120. The first-order chi connectivity index (χ1) is 8.36. The molecule has 3 rings (SSSR count). The van der Waals surface area contributed by atoms with Crippen molar-refractivity contribution in [3.8, 4) is 0 Å². The van der Waals surface area contributed by atoms with Crippen molar-refractivity contribution in [3.63, 3.8) is 0 Å². The van der Waals surface area contributed by atoms with E-state index >= 15 is 0 Å².